The van der Waals surface area contributed by atoms with E-state index < -0.39 is 15.3 Å². The Kier molecular flexibility index (Phi) is 7.15. The third-order valence-corrected chi connectivity index (χ3v) is 4.43. The highest BCUT2D eigenvalue weighted by Crippen LogP contribution is 2.37. The molecule has 1 N–H and O–H groups in total. The molecule has 1 rings (SSSR count). The number of thioether (sulfide) groups is 1. The van der Waals surface area contributed by atoms with Gasteiger partial charge in [-0.25, -0.2) is 4.79 Å². The SMILES string of the molecule is CCOC(=O)N[C@@H](SCc1ccccc1)C(Cl)(Cl)Cl. The van der Waals surface area contributed by atoms with Crippen molar-refractivity contribution >= 4 is 52.7 Å². The molecule has 3 nitrogen and oxygen atoms in total. The maximum absolute atomic E-state index is 11.4. The summed E-state index contributed by atoms with van der Waals surface area (Å²) in [6, 6.07) is 9.72. The van der Waals surface area contributed by atoms with Crippen molar-refractivity contribution in [2.75, 3.05) is 6.61 Å². The van der Waals surface area contributed by atoms with Crippen LogP contribution in [-0.2, 0) is 10.5 Å². The van der Waals surface area contributed by atoms with Gasteiger partial charge in [0.05, 0.1) is 6.61 Å². The van der Waals surface area contributed by atoms with Crippen LogP contribution >= 0.6 is 46.6 Å². The van der Waals surface area contributed by atoms with Crippen LogP contribution in [-0.4, -0.2) is 21.9 Å². The number of ether oxygens (including phenoxy) is 1. The second-order valence-corrected chi connectivity index (χ2v) is 7.05. The smallest absolute Gasteiger partial charge is 0.408 e. The molecule has 0 aliphatic rings. The minimum atomic E-state index is -1.60. The zero-order valence-corrected chi connectivity index (χ0v) is 13.3. The third-order valence-electron chi connectivity index (χ3n) is 2.08. The number of hydrogen-bond donors (Lipinski definition) is 1. The van der Waals surface area contributed by atoms with Gasteiger partial charge in [-0.2, -0.15) is 0 Å². The molecule has 0 aliphatic heterocycles. The Hall–Kier alpha value is -0.290. The molecule has 0 radical (unpaired) electrons. The highest BCUT2D eigenvalue weighted by molar-refractivity contribution is 7.99. The van der Waals surface area contributed by atoms with Gasteiger partial charge in [0.15, 0.2) is 0 Å². The Morgan fingerprint density at radius 1 is 1.37 bits per heavy atom. The van der Waals surface area contributed by atoms with Gasteiger partial charge in [-0.15, -0.1) is 11.8 Å². The fraction of sp³-hybridized carbons (Fsp3) is 0.417. The molecule has 0 saturated heterocycles. The van der Waals surface area contributed by atoms with Gasteiger partial charge in [-0.05, 0) is 12.5 Å². The van der Waals surface area contributed by atoms with Crippen LogP contribution in [0.2, 0.25) is 0 Å². The fourth-order valence-electron chi connectivity index (χ4n) is 1.25. The van der Waals surface area contributed by atoms with E-state index in [-0.39, 0.29) is 6.61 Å². The number of halogens is 3. The molecule has 1 atom stereocenters. The summed E-state index contributed by atoms with van der Waals surface area (Å²) in [6.07, 6.45) is -0.598. The molecule has 0 aliphatic carbocycles. The monoisotopic (exact) mass is 341 g/mol. The molecule has 0 saturated carbocycles. The topological polar surface area (TPSA) is 38.3 Å². The van der Waals surface area contributed by atoms with Gasteiger partial charge in [0.25, 0.3) is 0 Å². The van der Waals surface area contributed by atoms with Gasteiger partial charge in [-0.1, -0.05) is 65.1 Å². The summed E-state index contributed by atoms with van der Waals surface area (Å²) in [4.78, 5) is 11.4. The Bertz CT molecular complexity index is 398. The van der Waals surface area contributed by atoms with E-state index in [0.717, 1.165) is 5.56 Å². The van der Waals surface area contributed by atoms with E-state index in [1.165, 1.54) is 11.8 Å². The predicted octanol–water partition coefficient (Wildman–Crippen LogP) is 4.36. The standard InChI is InChI=1S/C12H14Cl3NO2S/c1-2-18-11(17)16-10(12(13,14)15)19-8-9-6-4-3-5-7-9/h3-7,10H,2,8H2,1H3,(H,16,17)/t10-/m0/s1. The van der Waals surface area contributed by atoms with Crippen molar-refractivity contribution in [3.05, 3.63) is 35.9 Å². The van der Waals surface area contributed by atoms with Gasteiger partial charge < -0.3 is 10.1 Å². The quantitative estimate of drug-likeness (QED) is 0.638. The number of nitrogens with one attached hydrogen (secondary N) is 1. The lowest BCUT2D eigenvalue weighted by molar-refractivity contribution is 0.151. The van der Waals surface area contributed by atoms with E-state index in [4.69, 9.17) is 39.5 Å². The number of alkyl carbamates (subject to hydrolysis) is 1. The van der Waals surface area contributed by atoms with Crippen molar-refractivity contribution in [3.8, 4) is 0 Å². The average Bonchev–Trinajstić information content (AvgIpc) is 2.34. The highest BCUT2D eigenvalue weighted by atomic mass is 35.6. The number of hydrogen-bond acceptors (Lipinski definition) is 3. The van der Waals surface area contributed by atoms with Crippen molar-refractivity contribution in [1.82, 2.24) is 5.32 Å². The molecule has 0 bridgehead atoms. The second kappa shape index (κ2) is 8.10. The number of carbonyl (C=O) groups excluding carboxylic acids is 1. The Balaban J connectivity index is 2.58. The van der Waals surface area contributed by atoms with Crippen LogP contribution in [0.15, 0.2) is 30.3 Å². The van der Waals surface area contributed by atoms with Gasteiger partial charge in [0.2, 0.25) is 3.79 Å². The molecule has 106 valence electrons. The zero-order valence-electron chi connectivity index (χ0n) is 10.2. The van der Waals surface area contributed by atoms with Gasteiger partial charge in [0, 0.05) is 5.75 Å². The van der Waals surface area contributed by atoms with Crippen LogP contribution < -0.4 is 5.32 Å². The van der Waals surface area contributed by atoms with Crippen LogP contribution in [0.4, 0.5) is 4.79 Å². The first kappa shape index (κ1) is 16.8. The average molecular weight is 343 g/mol. The molecular weight excluding hydrogens is 329 g/mol. The summed E-state index contributed by atoms with van der Waals surface area (Å²) in [5.41, 5.74) is 1.08. The van der Waals surface area contributed by atoms with Crippen LogP contribution in [0.1, 0.15) is 12.5 Å². The van der Waals surface area contributed by atoms with E-state index >= 15 is 0 Å². The molecular formula is C12H14Cl3NO2S. The summed E-state index contributed by atoms with van der Waals surface area (Å²) in [6.45, 7) is 1.97. The predicted molar refractivity (Wildman–Crippen MR) is 82.0 cm³/mol. The maximum Gasteiger partial charge on any atom is 0.408 e. The van der Waals surface area contributed by atoms with E-state index in [0.29, 0.717) is 5.75 Å². The maximum atomic E-state index is 11.4. The molecule has 0 aromatic heterocycles. The van der Waals surface area contributed by atoms with Crippen molar-refractivity contribution in [3.63, 3.8) is 0 Å². The van der Waals surface area contributed by atoms with Crippen molar-refractivity contribution in [2.45, 2.75) is 21.8 Å². The molecule has 0 heterocycles. The van der Waals surface area contributed by atoms with E-state index in [1.807, 2.05) is 30.3 Å². The van der Waals surface area contributed by atoms with E-state index in [1.54, 1.807) is 6.92 Å². The van der Waals surface area contributed by atoms with Crippen molar-refractivity contribution in [2.24, 2.45) is 0 Å². The minimum absolute atomic E-state index is 0.266. The Morgan fingerprint density at radius 2 is 2.00 bits per heavy atom. The normalized spacial score (nSPS) is 12.8. The van der Waals surface area contributed by atoms with Crippen molar-refractivity contribution in [1.29, 1.82) is 0 Å². The first-order chi connectivity index (χ1) is 8.93. The van der Waals surface area contributed by atoms with Crippen LogP contribution in [0.25, 0.3) is 0 Å². The number of carbonyl (C=O) groups is 1. The van der Waals surface area contributed by atoms with Gasteiger partial charge in [0.1, 0.15) is 5.37 Å². The lowest BCUT2D eigenvalue weighted by Crippen LogP contribution is -2.41. The summed E-state index contributed by atoms with van der Waals surface area (Å²) in [5.74, 6) is 0.617. The number of amides is 1. The largest absolute Gasteiger partial charge is 0.450 e. The Morgan fingerprint density at radius 3 is 2.53 bits per heavy atom. The first-order valence-corrected chi connectivity index (χ1v) is 7.77. The third kappa shape index (κ3) is 6.61. The van der Waals surface area contributed by atoms with Gasteiger partial charge in [-0.3, -0.25) is 0 Å². The summed E-state index contributed by atoms with van der Waals surface area (Å²) in [7, 11) is 0. The van der Waals surface area contributed by atoms with E-state index in [2.05, 4.69) is 5.32 Å². The molecule has 1 aromatic rings. The van der Waals surface area contributed by atoms with Crippen molar-refractivity contribution < 1.29 is 9.53 Å². The molecule has 1 amide bonds. The summed E-state index contributed by atoms with van der Waals surface area (Å²) < 4.78 is 3.18. The highest BCUT2D eigenvalue weighted by Gasteiger charge is 2.34. The number of rotatable bonds is 5. The van der Waals surface area contributed by atoms with Crippen LogP contribution in [0.5, 0.6) is 0 Å². The molecule has 0 unspecified atom stereocenters. The summed E-state index contributed by atoms with van der Waals surface area (Å²) >= 11 is 18.9. The molecule has 1 aromatic carbocycles. The number of benzene rings is 1. The fourth-order valence-corrected chi connectivity index (χ4v) is 2.90. The molecule has 0 spiro atoms. The van der Waals surface area contributed by atoms with Gasteiger partial charge >= 0.3 is 6.09 Å². The minimum Gasteiger partial charge on any atom is -0.450 e. The van der Waals surface area contributed by atoms with Crippen LogP contribution in [0.3, 0.4) is 0 Å². The molecule has 19 heavy (non-hydrogen) atoms. The lowest BCUT2D eigenvalue weighted by Gasteiger charge is -2.24. The van der Waals surface area contributed by atoms with Crippen LogP contribution in [0, 0.1) is 0 Å². The Labute approximate surface area is 131 Å². The second-order valence-electron chi connectivity index (χ2n) is 3.58. The first-order valence-electron chi connectivity index (χ1n) is 5.59. The molecule has 0 fully saturated rings. The molecule has 7 heteroatoms. The lowest BCUT2D eigenvalue weighted by atomic mass is 10.2. The summed E-state index contributed by atoms with van der Waals surface area (Å²) in [5, 5.41) is 1.85. The number of alkyl halides is 3. The van der Waals surface area contributed by atoms with E-state index in [9.17, 15) is 4.79 Å². The zero-order chi connectivity index (χ0) is 14.3.